The highest BCUT2D eigenvalue weighted by molar-refractivity contribution is 5.83. The Hall–Kier alpha value is -2.17. The predicted molar refractivity (Wildman–Crippen MR) is 86.3 cm³/mol. The Bertz CT molecular complexity index is 590. The molecule has 0 fully saturated rings. The Labute approximate surface area is 131 Å². The highest BCUT2D eigenvalue weighted by Gasteiger charge is 2.19. The number of carbonyl (C=O) groups is 1. The molecule has 0 radical (unpaired) electrons. The van der Waals surface area contributed by atoms with Gasteiger partial charge in [-0.1, -0.05) is 38.1 Å². The van der Waals surface area contributed by atoms with Gasteiger partial charge in [0.2, 0.25) is 5.91 Å². The zero-order valence-corrected chi connectivity index (χ0v) is 13.6. The number of benzene rings is 1. The molecule has 1 aromatic heterocycles. The lowest BCUT2D eigenvalue weighted by Crippen LogP contribution is -2.31. The summed E-state index contributed by atoms with van der Waals surface area (Å²) in [5.41, 5.74) is 2.33. The maximum atomic E-state index is 12.3. The molecule has 0 spiro atoms. The van der Waals surface area contributed by atoms with E-state index in [0.29, 0.717) is 11.7 Å². The lowest BCUT2D eigenvalue weighted by Gasteiger charge is -2.16. The second-order valence-corrected chi connectivity index (χ2v) is 6.16. The Morgan fingerprint density at radius 1 is 1.18 bits per heavy atom. The highest BCUT2D eigenvalue weighted by atomic mass is 16.1. The maximum absolute atomic E-state index is 12.3. The number of aromatic nitrogens is 3. The quantitative estimate of drug-likeness (QED) is 0.861. The van der Waals surface area contributed by atoms with E-state index >= 15 is 0 Å². The number of carbonyl (C=O) groups excluding carboxylic acids is 1. The van der Waals surface area contributed by atoms with Crippen molar-refractivity contribution in [2.24, 2.45) is 5.92 Å². The molecule has 0 aliphatic heterocycles. The first kappa shape index (κ1) is 16.2. The topological polar surface area (TPSA) is 70.7 Å². The van der Waals surface area contributed by atoms with Gasteiger partial charge in [-0.3, -0.25) is 9.89 Å². The molecule has 1 heterocycles. The fraction of sp³-hybridized carbons (Fsp3) is 0.471. The standard InChI is InChI=1S/C17H24N4O/c1-11(2)9-14-5-7-15(8-6-14)12(3)17(22)20-13(4)16-18-10-19-21-16/h5-8,10-13H,9H2,1-4H3,(H,20,22)(H,18,19,21)/t12-,13+/m0/s1. The van der Waals surface area contributed by atoms with Crippen molar-refractivity contribution in [1.82, 2.24) is 20.5 Å². The number of H-pyrrole nitrogens is 1. The van der Waals surface area contributed by atoms with Crippen LogP contribution in [0.15, 0.2) is 30.6 Å². The molecular weight excluding hydrogens is 276 g/mol. The summed E-state index contributed by atoms with van der Waals surface area (Å²) in [5.74, 6) is 1.08. The molecule has 2 aromatic rings. The molecule has 0 saturated heterocycles. The molecule has 118 valence electrons. The van der Waals surface area contributed by atoms with Crippen LogP contribution in [0.1, 0.15) is 56.6 Å². The Balaban J connectivity index is 1.98. The van der Waals surface area contributed by atoms with Crippen LogP contribution in [-0.4, -0.2) is 21.1 Å². The van der Waals surface area contributed by atoms with E-state index in [2.05, 4.69) is 46.5 Å². The van der Waals surface area contributed by atoms with Gasteiger partial charge in [-0.15, -0.1) is 0 Å². The van der Waals surface area contributed by atoms with Crippen LogP contribution in [0.3, 0.4) is 0 Å². The van der Waals surface area contributed by atoms with Crippen molar-refractivity contribution in [2.75, 3.05) is 0 Å². The summed E-state index contributed by atoms with van der Waals surface area (Å²) in [7, 11) is 0. The molecule has 0 aliphatic rings. The van der Waals surface area contributed by atoms with Crippen LogP contribution in [0.5, 0.6) is 0 Å². The number of amides is 1. The van der Waals surface area contributed by atoms with Gasteiger partial charge in [0.1, 0.15) is 12.2 Å². The summed E-state index contributed by atoms with van der Waals surface area (Å²) in [6.45, 7) is 8.21. The predicted octanol–water partition coefficient (Wildman–Crippen LogP) is 2.98. The zero-order valence-electron chi connectivity index (χ0n) is 13.6. The van der Waals surface area contributed by atoms with E-state index in [9.17, 15) is 4.79 Å². The van der Waals surface area contributed by atoms with Crippen LogP contribution >= 0.6 is 0 Å². The van der Waals surface area contributed by atoms with Crippen molar-refractivity contribution >= 4 is 5.91 Å². The third-order valence-corrected chi connectivity index (χ3v) is 3.72. The Kier molecular flexibility index (Phi) is 5.31. The van der Waals surface area contributed by atoms with Crippen LogP contribution in [0.4, 0.5) is 0 Å². The molecule has 2 rings (SSSR count). The molecule has 0 aliphatic carbocycles. The van der Waals surface area contributed by atoms with E-state index in [1.165, 1.54) is 11.9 Å². The van der Waals surface area contributed by atoms with Crippen LogP contribution in [-0.2, 0) is 11.2 Å². The smallest absolute Gasteiger partial charge is 0.227 e. The largest absolute Gasteiger partial charge is 0.346 e. The van der Waals surface area contributed by atoms with Gasteiger partial charge in [-0.05, 0) is 37.3 Å². The van der Waals surface area contributed by atoms with Crippen molar-refractivity contribution in [3.05, 3.63) is 47.5 Å². The molecule has 0 bridgehead atoms. The second kappa shape index (κ2) is 7.20. The summed E-state index contributed by atoms with van der Waals surface area (Å²) < 4.78 is 0. The molecule has 2 N–H and O–H groups in total. The van der Waals surface area contributed by atoms with Gasteiger partial charge in [-0.2, -0.15) is 5.10 Å². The Morgan fingerprint density at radius 2 is 1.86 bits per heavy atom. The fourth-order valence-electron chi connectivity index (χ4n) is 2.40. The molecule has 2 atom stereocenters. The van der Waals surface area contributed by atoms with Crippen molar-refractivity contribution in [1.29, 1.82) is 0 Å². The first-order chi connectivity index (χ1) is 10.5. The summed E-state index contributed by atoms with van der Waals surface area (Å²) in [4.78, 5) is 16.4. The van der Waals surface area contributed by atoms with Crippen LogP contribution in [0, 0.1) is 5.92 Å². The SMILES string of the molecule is CC(C)Cc1ccc([C@H](C)C(=O)N[C@H](C)c2ncn[nH]2)cc1. The van der Waals surface area contributed by atoms with Crippen molar-refractivity contribution in [2.45, 2.75) is 46.1 Å². The van der Waals surface area contributed by atoms with E-state index < -0.39 is 0 Å². The second-order valence-electron chi connectivity index (χ2n) is 6.16. The minimum atomic E-state index is -0.196. The number of aromatic amines is 1. The molecule has 5 nitrogen and oxygen atoms in total. The van der Waals surface area contributed by atoms with E-state index in [4.69, 9.17) is 0 Å². The molecule has 5 heteroatoms. The molecule has 1 aromatic carbocycles. The van der Waals surface area contributed by atoms with E-state index in [-0.39, 0.29) is 17.9 Å². The van der Waals surface area contributed by atoms with Crippen LogP contribution in [0.2, 0.25) is 0 Å². The number of hydrogen-bond donors (Lipinski definition) is 2. The minimum Gasteiger partial charge on any atom is -0.346 e. The summed E-state index contributed by atoms with van der Waals surface area (Å²) in [6, 6.07) is 8.12. The molecule has 0 unspecified atom stereocenters. The van der Waals surface area contributed by atoms with E-state index in [1.54, 1.807) is 0 Å². The minimum absolute atomic E-state index is 0.0134. The molecule has 1 amide bonds. The first-order valence-corrected chi connectivity index (χ1v) is 7.72. The van der Waals surface area contributed by atoms with Crippen molar-refractivity contribution < 1.29 is 4.79 Å². The van der Waals surface area contributed by atoms with Gasteiger partial charge in [-0.25, -0.2) is 4.98 Å². The third-order valence-electron chi connectivity index (χ3n) is 3.72. The average Bonchev–Trinajstić information content (AvgIpc) is 3.01. The number of nitrogens with zero attached hydrogens (tertiary/aromatic N) is 2. The van der Waals surface area contributed by atoms with Gasteiger partial charge >= 0.3 is 0 Å². The van der Waals surface area contributed by atoms with Gasteiger partial charge in [0, 0.05) is 0 Å². The molecular formula is C17H24N4O. The summed E-state index contributed by atoms with van der Waals surface area (Å²) >= 11 is 0. The first-order valence-electron chi connectivity index (χ1n) is 7.72. The highest BCUT2D eigenvalue weighted by Crippen LogP contribution is 2.19. The Morgan fingerprint density at radius 3 is 2.41 bits per heavy atom. The van der Waals surface area contributed by atoms with Gasteiger partial charge in [0.15, 0.2) is 0 Å². The van der Waals surface area contributed by atoms with E-state index in [0.717, 1.165) is 12.0 Å². The van der Waals surface area contributed by atoms with Gasteiger partial charge in [0.25, 0.3) is 0 Å². The van der Waals surface area contributed by atoms with Gasteiger partial charge in [0.05, 0.1) is 12.0 Å². The lowest BCUT2D eigenvalue weighted by atomic mass is 9.96. The van der Waals surface area contributed by atoms with Crippen LogP contribution < -0.4 is 5.32 Å². The average molecular weight is 300 g/mol. The van der Waals surface area contributed by atoms with E-state index in [1.807, 2.05) is 26.0 Å². The molecule has 0 saturated carbocycles. The zero-order chi connectivity index (χ0) is 16.1. The van der Waals surface area contributed by atoms with Crippen molar-refractivity contribution in [3.8, 4) is 0 Å². The fourth-order valence-corrected chi connectivity index (χ4v) is 2.40. The number of nitrogens with one attached hydrogen (secondary N) is 2. The number of hydrogen-bond acceptors (Lipinski definition) is 3. The summed E-state index contributed by atoms with van der Waals surface area (Å²) in [6.07, 6.45) is 2.50. The van der Waals surface area contributed by atoms with Crippen molar-refractivity contribution in [3.63, 3.8) is 0 Å². The van der Waals surface area contributed by atoms with Gasteiger partial charge < -0.3 is 5.32 Å². The maximum Gasteiger partial charge on any atom is 0.227 e. The van der Waals surface area contributed by atoms with Crippen LogP contribution in [0.25, 0.3) is 0 Å². The monoisotopic (exact) mass is 300 g/mol. The normalized spacial score (nSPS) is 13.9. The molecule has 22 heavy (non-hydrogen) atoms. The third kappa shape index (κ3) is 4.16. The number of rotatable bonds is 6. The summed E-state index contributed by atoms with van der Waals surface area (Å²) in [5, 5.41) is 9.52. The lowest BCUT2D eigenvalue weighted by molar-refractivity contribution is -0.122.